The normalized spacial score (nSPS) is 20.2. The van der Waals surface area contributed by atoms with Crippen molar-refractivity contribution < 1.29 is 18.7 Å². The molecule has 1 amide bonds. The van der Waals surface area contributed by atoms with Crippen molar-refractivity contribution in [1.29, 1.82) is 0 Å². The van der Waals surface area contributed by atoms with Crippen molar-refractivity contribution in [3.8, 4) is 11.3 Å². The van der Waals surface area contributed by atoms with E-state index in [4.69, 9.17) is 9.47 Å². The number of morpholine rings is 2. The van der Waals surface area contributed by atoms with Crippen molar-refractivity contribution in [2.45, 2.75) is 6.04 Å². The molecule has 0 spiro atoms. The lowest BCUT2D eigenvalue weighted by Crippen LogP contribution is -2.62. The van der Waals surface area contributed by atoms with Crippen LogP contribution < -0.4 is 4.90 Å². The molecule has 11 nitrogen and oxygen atoms in total. The molecule has 1 N–H and O–H groups in total. The predicted octanol–water partition coefficient (Wildman–Crippen LogP) is 0.491. The summed E-state index contributed by atoms with van der Waals surface area (Å²) in [6, 6.07) is 0.342. The minimum absolute atomic E-state index is 0.181. The third kappa shape index (κ3) is 3.71. The Kier molecular flexibility index (Phi) is 5.42. The zero-order valence-corrected chi connectivity index (χ0v) is 19.0. The monoisotopic (exact) mass is 470 g/mol. The Morgan fingerprint density at radius 3 is 2.47 bits per heavy atom. The number of imidazole rings is 1. The highest BCUT2D eigenvalue weighted by Crippen LogP contribution is 2.34. The molecule has 6 rings (SSSR count). The van der Waals surface area contributed by atoms with Crippen LogP contribution in [0.4, 0.5) is 10.1 Å². The summed E-state index contributed by atoms with van der Waals surface area (Å²) in [5, 5.41) is 4.16. The Bertz CT molecular complexity index is 1210. The number of nitrogens with zero attached hydrogens (tertiary/aromatic N) is 7. The Morgan fingerprint density at radius 1 is 1.09 bits per heavy atom. The number of halogens is 1. The maximum Gasteiger partial charge on any atom is 0.289 e. The Labute approximate surface area is 195 Å². The van der Waals surface area contributed by atoms with E-state index in [1.165, 1.54) is 0 Å². The fourth-order valence-electron chi connectivity index (χ4n) is 4.84. The molecule has 12 heteroatoms. The first-order valence-corrected chi connectivity index (χ1v) is 11.6. The molecule has 3 aromatic rings. The molecule has 0 saturated carbocycles. The van der Waals surface area contributed by atoms with E-state index in [9.17, 15) is 4.79 Å². The van der Waals surface area contributed by atoms with Gasteiger partial charge in [0.05, 0.1) is 32.6 Å². The molecule has 3 saturated heterocycles. The maximum atomic E-state index is 15.8. The van der Waals surface area contributed by atoms with Gasteiger partial charge in [0.2, 0.25) is 0 Å². The van der Waals surface area contributed by atoms with Crippen LogP contribution in [0.3, 0.4) is 0 Å². The van der Waals surface area contributed by atoms with Crippen LogP contribution in [-0.2, 0) is 16.5 Å². The highest BCUT2D eigenvalue weighted by atomic mass is 19.1. The molecule has 0 aliphatic carbocycles. The van der Waals surface area contributed by atoms with Gasteiger partial charge in [0, 0.05) is 64.1 Å². The van der Waals surface area contributed by atoms with Crippen molar-refractivity contribution in [3.63, 3.8) is 0 Å². The van der Waals surface area contributed by atoms with Crippen LogP contribution in [0, 0.1) is 5.82 Å². The van der Waals surface area contributed by atoms with E-state index in [0.29, 0.717) is 67.8 Å². The van der Waals surface area contributed by atoms with Crippen LogP contribution in [0.5, 0.6) is 0 Å². The number of pyridine rings is 1. The molecule has 0 unspecified atom stereocenters. The molecule has 3 aliphatic rings. The van der Waals surface area contributed by atoms with Crippen LogP contribution >= 0.6 is 0 Å². The van der Waals surface area contributed by atoms with Crippen LogP contribution in [0.15, 0.2) is 12.4 Å². The third-order valence-electron chi connectivity index (χ3n) is 6.77. The zero-order chi connectivity index (χ0) is 23.2. The number of H-pyrrole nitrogens is 1. The molecule has 0 radical (unpaired) electrons. The average Bonchev–Trinajstić information content (AvgIpc) is 3.45. The van der Waals surface area contributed by atoms with Gasteiger partial charge in [-0.2, -0.15) is 5.10 Å². The third-order valence-corrected chi connectivity index (χ3v) is 6.77. The van der Waals surface area contributed by atoms with Crippen molar-refractivity contribution in [1.82, 2.24) is 34.5 Å². The number of fused-ring (bicyclic) bond motifs is 1. The van der Waals surface area contributed by atoms with E-state index in [0.717, 1.165) is 26.3 Å². The van der Waals surface area contributed by atoms with Crippen LogP contribution in [0.1, 0.15) is 10.6 Å². The van der Waals surface area contributed by atoms with Crippen LogP contribution in [0.25, 0.3) is 22.4 Å². The van der Waals surface area contributed by atoms with Gasteiger partial charge in [-0.1, -0.05) is 0 Å². The number of amides is 1. The van der Waals surface area contributed by atoms with Gasteiger partial charge in [-0.15, -0.1) is 0 Å². The van der Waals surface area contributed by atoms with E-state index in [2.05, 4.69) is 25.0 Å². The summed E-state index contributed by atoms with van der Waals surface area (Å²) in [4.78, 5) is 31.3. The maximum absolute atomic E-state index is 15.8. The number of aromatic nitrogens is 5. The van der Waals surface area contributed by atoms with Gasteiger partial charge in [-0.05, 0) is 0 Å². The molecule has 0 bridgehead atoms. The lowest BCUT2D eigenvalue weighted by atomic mass is 10.1. The van der Waals surface area contributed by atoms with Crippen molar-refractivity contribution in [3.05, 3.63) is 24.0 Å². The molecule has 34 heavy (non-hydrogen) atoms. The zero-order valence-electron chi connectivity index (χ0n) is 19.0. The Hall–Kier alpha value is -3.09. The quantitative estimate of drug-likeness (QED) is 0.588. The number of hydrogen-bond donors (Lipinski definition) is 1. The molecule has 0 atom stereocenters. The fraction of sp³-hybridized carbons (Fsp3) is 0.545. The van der Waals surface area contributed by atoms with Crippen molar-refractivity contribution in [2.75, 3.05) is 70.6 Å². The SMILES string of the molecule is Cn1cc(-c2nc3[nH]c(C(=O)N4CC(N5CCOCC5)C4)nc3c(N3CCOCC3)c2F)cn1. The van der Waals surface area contributed by atoms with Gasteiger partial charge in [-0.25, -0.2) is 14.4 Å². The van der Waals surface area contributed by atoms with E-state index in [1.807, 2.05) is 4.90 Å². The second kappa shape index (κ2) is 8.60. The molecular weight excluding hydrogens is 443 g/mol. The van der Waals surface area contributed by atoms with Gasteiger partial charge in [0.15, 0.2) is 17.3 Å². The van der Waals surface area contributed by atoms with Gasteiger partial charge in [0.1, 0.15) is 16.9 Å². The van der Waals surface area contributed by atoms with Crippen molar-refractivity contribution >= 4 is 22.8 Å². The van der Waals surface area contributed by atoms with Gasteiger partial charge >= 0.3 is 0 Å². The summed E-state index contributed by atoms with van der Waals surface area (Å²) >= 11 is 0. The molecule has 3 aromatic heterocycles. The number of aromatic amines is 1. The lowest BCUT2D eigenvalue weighted by molar-refractivity contribution is -0.0259. The number of aryl methyl sites for hydroxylation is 1. The fourth-order valence-corrected chi connectivity index (χ4v) is 4.84. The second-order valence-corrected chi connectivity index (χ2v) is 8.92. The molecule has 6 heterocycles. The minimum atomic E-state index is -0.468. The topological polar surface area (TPSA) is 105 Å². The van der Waals surface area contributed by atoms with Gasteiger partial charge < -0.3 is 24.3 Å². The summed E-state index contributed by atoms with van der Waals surface area (Å²) in [6.45, 7) is 6.60. The number of ether oxygens (including phenoxy) is 2. The summed E-state index contributed by atoms with van der Waals surface area (Å²) in [5.74, 6) is -0.483. The second-order valence-electron chi connectivity index (χ2n) is 8.92. The van der Waals surface area contributed by atoms with Crippen molar-refractivity contribution in [2.24, 2.45) is 7.05 Å². The van der Waals surface area contributed by atoms with Crippen LogP contribution in [0.2, 0.25) is 0 Å². The number of rotatable bonds is 4. The molecule has 3 aliphatic heterocycles. The van der Waals surface area contributed by atoms with Gasteiger partial charge in [0.25, 0.3) is 5.91 Å². The Morgan fingerprint density at radius 2 is 1.79 bits per heavy atom. The summed E-state index contributed by atoms with van der Waals surface area (Å²) in [7, 11) is 1.77. The summed E-state index contributed by atoms with van der Waals surface area (Å²) in [5.41, 5.74) is 1.84. The first kappa shape index (κ1) is 21.4. The molecule has 0 aromatic carbocycles. The minimum Gasteiger partial charge on any atom is -0.379 e. The smallest absolute Gasteiger partial charge is 0.289 e. The average molecular weight is 471 g/mol. The Balaban J connectivity index is 1.33. The van der Waals surface area contributed by atoms with E-state index in [-0.39, 0.29) is 17.4 Å². The number of carbonyl (C=O) groups excluding carboxylic acids is 1. The van der Waals surface area contributed by atoms with E-state index in [1.54, 1.807) is 29.0 Å². The summed E-state index contributed by atoms with van der Waals surface area (Å²) < 4.78 is 28.3. The summed E-state index contributed by atoms with van der Waals surface area (Å²) in [6.07, 6.45) is 3.29. The first-order valence-electron chi connectivity index (χ1n) is 11.6. The standard InChI is InChI=1S/C22H27FN8O3/c1-28-11-14(10-24-28)17-16(23)19(30-4-8-34-9-5-30)18-20(25-17)27-21(26-18)22(32)31-12-15(13-31)29-2-6-33-7-3-29/h10-11,15H,2-9,12-13H2,1H3,(H,25,26,27). The lowest BCUT2D eigenvalue weighted by Gasteiger charge is -2.46. The number of nitrogens with one attached hydrogen (secondary N) is 1. The number of likely N-dealkylation sites (tertiary alicyclic amines) is 1. The number of hydrogen-bond acceptors (Lipinski definition) is 8. The van der Waals surface area contributed by atoms with Crippen LogP contribution in [-0.4, -0.2) is 112 Å². The molecular formula is C22H27FN8O3. The molecule has 3 fully saturated rings. The predicted molar refractivity (Wildman–Crippen MR) is 121 cm³/mol. The van der Waals surface area contributed by atoms with E-state index >= 15 is 4.39 Å². The number of carbonyl (C=O) groups is 1. The highest BCUT2D eigenvalue weighted by Gasteiger charge is 2.37. The largest absolute Gasteiger partial charge is 0.379 e. The van der Waals surface area contributed by atoms with E-state index < -0.39 is 5.82 Å². The first-order chi connectivity index (χ1) is 16.6. The number of anilines is 1. The molecule has 180 valence electrons. The highest BCUT2D eigenvalue weighted by molar-refractivity contribution is 5.98. The van der Waals surface area contributed by atoms with Gasteiger partial charge in [-0.3, -0.25) is 14.4 Å².